The second-order valence-electron chi connectivity index (χ2n) is 5.31. The molecule has 0 aliphatic rings. The summed E-state index contributed by atoms with van der Waals surface area (Å²) < 4.78 is 20.4. The minimum atomic E-state index is -0.611. The van der Waals surface area contributed by atoms with Crippen LogP contribution in [0.15, 0.2) is 42.5 Å². The lowest BCUT2D eigenvalue weighted by atomic mass is 10.1. The van der Waals surface area contributed by atoms with Gasteiger partial charge in [-0.3, -0.25) is 4.79 Å². The highest BCUT2D eigenvalue weighted by molar-refractivity contribution is 6.07. The molecule has 2 aromatic carbocycles. The minimum Gasteiger partial charge on any atom is -0.496 e. The number of nitrogens with one attached hydrogen (secondary N) is 1. The van der Waals surface area contributed by atoms with Gasteiger partial charge in [-0.05, 0) is 12.1 Å². The van der Waals surface area contributed by atoms with E-state index < -0.39 is 11.9 Å². The first-order valence-corrected chi connectivity index (χ1v) is 8.00. The van der Waals surface area contributed by atoms with Crippen LogP contribution in [-0.4, -0.2) is 40.3 Å². The maximum absolute atomic E-state index is 12.3. The van der Waals surface area contributed by atoms with E-state index in [-0.39, 0.29) is 11.3 Å². The normalized spacial score (nSPS) is 10.4. The number of amides is 1. The smallest absolute Gasteiger partial charge is 0.340 e. The lowest BCUT2D eigenvalue weighted by Gasteiger charge is -2.14. The summed E-state index contributed by atoms with van der Waals surface area (Å²) in [5, 5.41) is 2.66. The second-order valence-corrected chi connectivity index (χ2v) is 5.31. The maximum Gasteiger partial charge on any atom is 0.340 e. The Morgan fingerprint density at radius 1 is 0.889 bits per heavy atom. The lowest BCUT2D eigenvalue weighted by molar-refractivity contribution is -0.111. The summed E-state index contributed by atoms with van der Waals surface area (Å²) in [5.74, 6) is 0.316. The Bertz CT molecular complexity index is 860. The van der Waals surface area contributed by atoms with Gasteiger partial charge in [0, 0.05) is 23.8 Å². The van der Waals surface area contributed by atoms with Gasteiger partial charge < -0.3 is 24.3 Å². The zero-order chi connectivity index (χ0) is 19.8. The van der Waals surface area contributed by atoms with E-state index in [4.69, 9.17) is 18.9 Å². The molecule has 0 radical (unpaired) electrons. The Morgan fingerprint density at radius 3 is 2.15 bits per heavy atom. The van der Waals surface area contributed by atoms with E-state index in [2.05, 4.69) is 5.32 Å². The third kappa shape index (κ3) is 4.78. The Kier molecular flexibility index (Phi) is 6.82. The van der Waals surface area contributed by atoms with Crippen LogP contribution in [-0.2, 0) is 9.53 Å². The fourth-order valence-electron chi connectivity index (χ4n) is 2.41. The van der Waals surface area contributed by atoms with Crippen molar-refractivity contribution in [2.24, 2.45) is 0 Å². The highest BCUT2D eigenvalue weighted by Crippen LogP contribution is 2.33. The third-order valence-corrected chi connectivity index (χ3v) is 3.74. The molecule has 0 bridgehead atoms. The average molecular weight is 371 g/mol. The van der Waals surface area contributed by atoms with Crippen molar-refractivity contribution in [3.63, 3.8) is 0 Å². The van der Waals surface area contributed by atoms with Crippen LogP contribution >= 0.6 is 0 Å². The van der Waals surface area contributed by atoms with E-state index in [1.807, 2.05) is 18.2 Å². The summed E-state index contributed by atoms with van der Waals surface area (Å²) in [7, 11) is 5.72. The van der Waals surface area contributed by atoms with Gasteiger partial charge in [-0.1, -0.05) is 18.2 Å². The van der Waals surface area contributed by atoms with Gasteiger partial charge in [0.15, 0.2) is 11.5 Å². The van der Waals surface area contributed by atoms with E-state index >= 15 is 0 Å². The van der Waals surface area contributed by atoms with Crippen LogP contribution in [0.2, 0.25) is 0 Å². The van der Waals surface area contributed by atoms with Crippen LogP contribution in [0.4, 0.5) is 5.69 Å². The predicted molar refractivity (Wildman–Crippen MR) is 102 cm³/mol. The fraction of sp³-hybridized carbons (Fsp3) is 0.200. The van der Waals surface area contributed by atoms with Gasteiger partial charge in [-0.15, -0.1) is 0 Å². The highest BCUT2D eigenvalue weighted by atomic mass is 16.5. The molecule has 0 fully saturated rings. The molecule has 0 heterocycles. The lowest BCUT2D eigenvalue weighted by Crippen LogP contribution is -2.13. The SMILES string of the molecule is COC(=O)c1cc(OC)c(OC)cc1NC(=O)C=Cc1ccccc1OC. The number of carbonyl (C=O) groups is 2. The van der Waals surface area contributed by atoms with Crippen molar-refractivity contribution in [1.29, 1.82) is 0 Å². The van der Waals surface area contributed by atoms with Gasteiger partial charge in [-0.25, -0.2) is 4.79 Å². The van der Waals surface area contributed by atoms with E-state index in [1.165, 1.54) is 39.5 Å². The Morgan fingerprint density at radius 2 is 1.52 bits per heavy atom. The molecule has 2 aromatic rings. The first kappa shape index (κ1) is 19.8. The molecule has 0 spiro atoms. The largest absolute Gasteiger partial charge is 0.496 e. The molecule has 0 saturated heterocycles. The van der Waals surface area contributed by atoms with Gasteiger partial charge in [-0.2, -0.15) is 0 Å². The summed E-state index contributed by atoms with van der Waals surface area (Å²) in [5.41, 5.74) is 1.14. The van der Waals surface area contributed by atoms with Crippen LogP contribution in [0.1, 0.15) is 15.9 Å². The molecule has 0 unspecified atom stereocenters. The monoisotopic (exact) mass is 371 g/mol. The van der Waals surface area contributed by atoms with Crippen LogP contribution in [0.25, 0.3) is 6.08 Å². The van der Waals surface area contributed by atoms with Crippen LogP contribution in [0.3, 0.4) is 0 Å². The summed E-state index contributed by atoms with van der Waals surface area (Å²) in [4.78, 5) is 24.4. The van der Waals surface area contributed by atoms with Crippen LogP contribution < -0.4 is 19.5 Å². The molecule has 0 saturated carbocycles. The van der Waals surface area contributed by atoms with Crippen molar-refractivity contribution < 1.29 is 28.5 Å². The third-order valence-electron chi connectivity index (χ3n) is 3.74. The summed E-state index contributed by atoms with van der Waals surface area (Å²) >= 11 is 0. The van der Waals surface area contributed by atoms with Gasteiger partial charge in [0.05, 0.1) is 39.7 Å². The predicted octanol–water partition coefficient (Wildman–Crippen LogP) is 3.15. The van der Waals surface area contributed by atoms with Crippen molar-refractivity contribution >= 4 is 23.6 Å². The van der Waals surface area contributed by atoms with Crippen LogP contribution in [0.5, 0.6) is 17.2 Å². The number of rotatable bonds is 7. The van der Waals surface area contributed by atoms with Gasteiger partial charge >= 0.3 is 5.97 Å². The number of esters is 1. The van der Waals surface area contributed by atoms with Crippen molar-refractivity contribution in [3.05, 3.63) is 53.6 Å². The fourth-order valence-corrected chi connectivity index (χ4v) is 2.41. The molecular weight excluding hydrogens is 350 g/mol. The molecule has 27 heavy (non-hydrogen) atoms. The Labute approximate surface area is 157 Å². The molecule has 0 atom stereocenters. The molecule has 7 heteroatoms. The number of anilines is 1. The number of carbonyl (C=O) groups excluding carboxylic acids is 2. The second kappa shape index (κ2) is 9.28. The number of para-hydroxylation sites is 1. The standard InChI is InChI=1S/C20H21NO6/c1-24-16-8-6-5-7-13(16)9-10-19(22)21-15-12-18(26-3)17(25-2)11-14(15)20(23)27-4/h5-12H,1-4H3,(H,21,22). The maximum atomic E-state index is 12.3. The summed E-state index contributed by atoms with van der Waals surface area (Å²) in [6.45, 7) is 0. The zero-order valence-electron chi connectivity index (χ0n) is 15.6. The molecule has 1 N–H and O–H groups in total. The Hall–Kier alpha value is -3.48. The molecule has 7 nitrogen and oxygen atoms in total. The number of hydrogen-bond acceptors (Lipinski definition) is 6. The minimum absolute atomic E-state index is 0.147. The van der Waals surface area contributed by atoms with Crippen molar-refractivity contribution in [1.82, 2.24) is 0 Å². The van der Waals surface area contributed by atoms with E-state index in [0.717, 1.165) is 5.56 Å². The summed E-state index contributed by atoms with van der Waals surface area (Å²) in [6, 6.07) is 10.2. The first-order valence-electron chi connectivity index (χ1n) is 8.00. The van der Waals surface area contributed by atoms with Gasteiger partial charge in [0.2, 0.25) is 5.91 Å². The summed E-state index contributed by atoms with van der Waals surface area (Å²) in [6.07, 6.45) is 2.96. The van der Waals surface area contributed by atoms with Crippen molar-refractivity contribution in [2.75, 3.05) is 33.8 Å². The molecule has 0 aliphatic heterocycles. The quantitative estimate of drug-likeness (QED) is 0.595. The van der Waals surface area contributed by atoms with E-state index in [9.17, 15) is 9.59 Å². The van der Waals surface area contributed by atoms with Gasteiger partial charge in [0.1, 0.15) is 5.75 Å². The molecule has 1 amide bonds. The average Bonchev–Trinajstić information content (AvgIpc) is 2.71. The van der Waals surface area contributed by atoms with E-state index in [0.29, 0.717) is 17.2 Å². The molecule has 142 valence electrons. The van der Waals surface area contributed by atoms with Gasteiger partial charge in [0.25, 0.3) is 0 Å². The number of methoxy groups -OCH3 is 4. The topological polar surface area (TPSA) is 83.1 Å². The molecular formula is C20H21NO6. The number of hydrogen-bond donors (Lipinski definition) is 1. The highest BCUT2D eigenvalue weighted by Gasteiger charge is 2.18. The Balaban J connectivity index is 2.30. The molecule has 0 aromatic heterocycles. The molecule has 0 aliphatic carbocycles. The van der Waals surface area contributed by atoms with Crippen molar-refractivity contribution in [2.45, 2.75) is 0 Å². The van der Waals surface area contributed by atoms with E-state index in [1.54, 1.807) is 19.3 Å². The number of benzene rings is 2. The molecule has 2 rings (SSSR count). The number of ether oxygens (including phenoxy) is 4. The van der Waals surface area contributed by atoms with Crippen molar-refractivity contribution in [3.8, 4) is 17.2 Å². The first-order chi connectivity index (χ1) is 13.0. The zero-order valence-corrected chi connectivity index (χ0v) is 15.6. The van der Waals surface area contributed by atoms with Crippen LogP contribution in [0, 0.1) is 0 Å².